The van der Waals surface area contributed by atoms with Crippen molar-refractivity contribution in [3.05, 3.63) is 107 Å². The van der Waals surface area contributed by atoms with Crippen LogP contribution < -0.4 is 5.43 Å². The summed E-state index contributed by atoms with van der Waals surface area (Å²) in [5, 5.41) is 4.17. The van der Waals surface area contributed by atoms with Crippen molar-refractivity contribution in [1.29, 1.82) is 0 Å². The van der Waals surface area contributed by atoms with E-state index in [1.807, 2.05) is 73.7 Å². The van der Waals surface area contributed by atoms with Crippen LogP contribution in [-0.2, 0) is 0 Å². The van der Waals surface area contributed by atoms with E-state index in [2.05, 4.69) is 45.6 Å². The summed E-state index contributed by atoms with van der Waals surface area (Å²) in [7, 11) is 0. The summed E-state index contributed by atoms with van der Waals surface area (Å²) in [5.41, 5.74) is 9.58. The van der Waals surface area contributed by atoms with Crippen molar-refractivity contribution in [1.82, 2.24) is 14.6 Å². The summed E-state index contributed by atoms with van der Waals surface area (Å²) in [5.74, 6) is -0.242. The van der Waals surface area contributed by atoms with Crippen molar-refractivity contribution >= 4 is 12.1 Å². The second-order valence-electron chi connectivity index (χ2n) is 7.27. The molecule has 4 aromatic rings. The highest BCUT2D eigenvalue weighted by atomic mass is 16.2. The molecule has 4 rings (SSSR count). The number of amides is 1. The van der Waals surface area contributed by atoms with Gasteiger partial charge in [-0.05, 0) is 81.4 Å². The van der Waals surface area contributed by atoms with Gasteiger partial charge in [-0.1, -0.05) is 18.2 Å². The van der Waals surface area contributed by atoms with E-state index in [1.165, 1.54) is 0 Å². The first-order valence-corrected chi connectivity index (χ1v) is 9.87. The van der Waals surface area contributed by atoms with Gasteiger partial charge in [0.15, 0.2) is 0 Å². The molecule has 0 aliphatic carbocycles. The largest absolute Gasteiger partial charge is 0.319 e. The topological polar surface area (TPSA) is 51.3 Å². The monoisotopic (exact) mass is 396 g/mol. The third-order valence-electron chi connectivity index (χ3n) is 5.14. The summed E-state index contributed by atoms with van der Waals surface area (Å²) < 4.78 is 4.24. The number of aromatic nitrogens is 2. The van der Waals surface area contributed by atoms with Gasteiger partial charge in [0.1, 0.15) is 0 Å². The molecular weight excluding hydrogens is 372 g/mol. The van der Waals surface area contributed by atoms with Crippen molar-refractivity contribution in [3.8, 4) is 11.4 Å². The van der Waals surface area contributed by atoms with Gasteiger partial charge in [0.25, 0.3) is 5.91 Å². The van der Waals surface area contributed by atoms with Gasteiger partial charge >= 0.3 is 0 Å². The van der Waals surface area contributed by atoms with Crippen LogP contribution in [0.15, 0.2) is 84.0 Å². The summed E-state index contributed by atoms with van der Waals surface area (Å²) in [4.78, 5) is 12.5. The first-order valence-electron chi connectivity index (χ1n) is 9.87. The molecule has 2 aromatic heterocycles. The van der Waals surface area contributed by atoms with Gasteiger partial charge in [-0.2, -0.15) is 5.10 Å². The number of benzene rings is 2. The van der Waals surface area contributed by atoms with E-state index in [4.69, 9.17) is 0 Å². The number of carbonyl (C=O) groups is 1. The molecule has 0 aliphatic rings. The number of rotatable bonds is 5. The maximum Gasteiger partial charge on any atom is 0.271 e. The third kappa shape index (κ3) is 3.82. The van der Waals surface area contributed by atoms with Crippen molar-refractivity contribution in [2.45, 2.75) is 20.8 Å². The molecule has 0 unspecified atom stereocenters. The number of nitrogens with one attached hydrogen (secondary N) is 1. The standard InChI is InChI=1S/C25H24N4O/c1-18-9-10-19(2)28(18)23-15-12-21(13-16-23)25(30)27-26-17-24-14-11-20(3)29(24)22-7-5-4-6-8-22/h4-17H,1-3H3,(H,27,30)/b26-17+. The van der Waals surface area contributed by atoms with E-state index in [0.29, 0.717) is 5.56 Å². The molecule has 150 valence electrons. The number of nitrogens with zero attached hydrogens (tertiary/aromatic N) is 3. The van der Waals surface area contributed by atoms with E-state index in [1.54, 1.807) is 6.21 Å². The first kappa shape index (κ1) is 19.5. The van der Waals surface area contributed by atoms with Gasteiger partial charge in [-0.15, -0.1) is 0 Å². The zero-order valence-electron chi connectivity index (χ0n) is 17.3. The lowest BCUT2D eigenvalue weighted by molar-refractivity contribution is 0.0955. The zero-order chi connectivity index (χ0) is 21.1. The number of hydrazone groups is 1. The summed E-state index contributed by atoms with van der Waals surface area (Å²) in [6, 6.07) is 25.8. The molecule has 0 saturated heterocycles. The average molecular weight is 396 g/mol. The molecule has 30 heavy (non-hydrogen) atoms. The predicted octanol–water partition coefficient (Wildman–Crippen LogP) is 4.96. The average Bonchev–Trinajstić information content (AvgIpc) is 3.30. The first-order chi connectivity index (χ1) is 14.5. The zero-order valence-corrected chi connectivity index (χ0v) is 17.3. The smallest absolute Gasteiger partial charge is 0.271 e. The Morgan fingerprint density at radius 2 is 1.30 bits per heavy atom. The van der Waals surface area contributed by atoms with Gasteiger partial charge in [0.05, 0.1) is 11.9 Å². The van der Waals surface area contributed by atoms with Crippen LogP contribution in [0.3, 0.4) is 0 Å². The maximum atomic E-state index is 12.5. The minimum atomic E-state index is -0.242. The predicted molar refractivity (Wildman–Crippen MR) is 121 cm³/mol. The minimum Gasteiger partial charge on any atom is -0.319 e. The quantitative estimate of drug-likeness (QED) is 0.376. The van der Waals surface area contributed by atoms with E-state index in [9.17, 15) is 4.79 Å². The Kier molecular flexibility index (Phi) is 5.35. The number of para-hydroxylation sites is 1. The van der Waals surface area contributed by atoms with Gasteiger partial charge in [0.2, 0.25) is 0 Å². The molecule has 0 radical (unpaired) electrons. The highest BCUT2D eigenvalue weighted by Crippen LogP contribution is 2.17. The Morgan fingerprint density at radius 1 is 0.733 bits per heavy atom. The Morgan fingerprint density at radius 3 is 1.97 bits per heavy atom. The third-order valence-corrected chi connectivity index (χ3v) is 5.14. The molecule has 0 spiro atoms. The number of aryl methyl sites for hydroxylation is 3. The number of hydrogen-bond donors (Lipinski definition) is 1. The molecule has 0 bridgehead atoms. The summed E-state index contributed by atoms with van der Waals surface area (Å²) in [6.45, 7) is 6.17. The molecule has 0 fully saturated rings. The van der Waals surface area contributed by atoms with E-state index >= 15 is 0 Å². The Balaban J connectivity index is 1.48. The molecule has 5 heteroatoms. The van der Waals surface area contributed by atoms with E-state index < -0.39 is 0 Å². The summed E-state index contributed by atoms with van der Waals surface area (Å²) in [6.07, 6.45) is 1.67. The van der Waals surface area contributed by atoms with Crippen LogP contribution in [0.25, 0.3) is 11.4 Å². The van der Waals surface area contributed by atoms with Crippen LogP contribution >= 0.6 is 0 Å². The number of hydrogen-bond acceptors (Lipinski definition) is 2. The fourth-order valence-electron chi connectivity index (χ4n) is 3.65. The Hall–Kier alpha value is -3.86. The van der Waals surface area contributed by atoms with E-state index in [0.717, 1.165) is 34.2 Å². The fourth-order valence-corrected chi connectivity index (χ4v) is 3.65. The highest BCUT2D eigenvalue weighted by Gasteiger charge is 2.08. The van der Waals surface area contributed by atoms with Crippen molar-refractivity contribution in [3.63, 3.8) is 0 Å². The second kappa shape index (κ2) is 8.25. The normalized spacial score (nSPS) is 11.2. The molecule has 1 N–H and O–H groups in total. The molecule has 0 saturated carbocycles. The molecule has 0 aliphatic heterocycles. The van der Waals surface area contributed by atoms with E-state index in [-0.39, 0.29) is 5.91 Å². The molecule has 0 atom stereocenters. The molecule has 1 amide bonds. The van der Waals surface area contributed by atoms with Gasteiger partial charge in [-0.3, -0.25) is 4.79 Å². The molecular formula is C25H24N4O. The van der Waals surface area contributed by atoms with Gasteiger partial charge < -0.3 is 9.13 Å². The minimum absolute atomic E-state index is 0.242. The van der Waals surface area contributed by atoms with Crippen LogP contribution in [0.1, 0.15) is 33.1 Å². The van der Waals surface area contributed by atoms with Crippen molar-refractivity contribution in [2.75, 3.05) is 0 Å². The second-order valence-corrected chi connectivity index (χ2v) is 7.27. The van der Waals surface area contributed by atoms with Crippen LogP contribution in [0.5, 0.6) is 0 Å². The lowest BCUT2D eigenvalue weighted by Gasteiger charge is -2.10. The highest BCUT2D eigenvalue weighted by molar-refractivity contribution is 5.95. The molecule has 2 aromatic carbocycles. The Bertz CT molecular complexity index is 1180. The van der Waals surface area contributed by atoms with Crippen LogP contribution in [0.2, 0.25) is 0 Å². The SMILES string of the molecule is Cc1ccc(C)n1-c1ccc(C(=O)N/N=C/c2ccc(C)n2-c2ccccc2)cc1. The van der Waals surface area contributed by atoms with Crippen molar-refractivity contribution < 1.29 is 4.79 Å². The molecule has 2 heterocycles. The fraction of sp³-hybridized carbons (Fsp3) is 0.120. The van der Waals surface area contributed by atoms with Gasteiger partial charge in [0, 0.05) is 34.0 Å². The maximum absolute atomic E-state index is 12.5. The van der Waals surface area contributed by atoms with Crippen molar-refractivity contribution in [2.24, 2.45) is 5.10 Å². The van der Waals surface area contributed by atoms with Crippen LogP contribution in [0.4, 0.5) is 0 Å². The Labute approximate surface area is 176 Å². The van der Waals surface area contributed by atoms with Crippen LogP contribution in [-0.4, -0.2) is 21.3 Å². The lowest BCUT2D eigenvalue weighted by atomic mass is 10.2. The number of carbonyl (C=O) groups excluding carboxylic acids is 1. The molecule has 5 nitrogen and oxygen atoms in total. The summed E-state index contributed by atoms with van der Waals surface area (Å²) >= 11 is 0. The van der Waals surface area contributed by atoms with Gasteiger partial charge in [-0.25, -0.2) is 5.43 Å². The lowest BCUT2D eigenvalue weighted by Crippen LogP contribution is -2.18. The van der Waals surface area contributed by atoms with Crippen LogP contribution in [0, 0.1) is 20.8 Å².